The summed E-state index contributed by atoms with van der Waals surface area (Å²) in [6.45, 7) is 1.07. The predicted molar refractivity (Wildman–Crippen MR) is 56.9 cm³/mol. The first-order valence-electron chi connectivity index (χ1n) is 5.45. The quantitative estimate of drug-likeness (QED) is 0.772. The maximum absolute atomic E-state index is 5.84. The average molecular weight is 189 g/mol. The Morgan fingerprint density at radius 2 is 2.21 bits per heavy atom. The van der Waals surface area contributed by atoms with Gasteiger partial charge in [0.05, 0.1) is 6.10 Å². The van der Waals surface area contributed by atoms with Crippen LogP contribution in [-0.2, 0) is 6.42 Å². The standard InChI is InChI=1S/C12H15NO/c1-2-10(3-1)14-11-5-4-9-6-7-13-12(9)8-11/h4-5,8,10,13H,1-3,6-7H2. The molecule has 1 N–H and O–H groups in total. The highest BCUT2D eigenvalue weighted by Crippen LogP contribution is 2.30. The number of hydrogen-bond donors (Lipinski definition) is 1. The van der Waals surface area contributed by atoms with Crippen molar-refractivity contribution in [3.05, 3.63) is 23.8 Å². The molecule has 2 aliphatic rings. The summed E-state index contributed by atoms with van der Waals surface area (Å²) in [5, 5.41) is 3.37. The van der Waals surface area contributed by atoms with Gasteiger partial charge in [-0.2, -0.15) is 0 Å². The van der Waals surface area contributed by atoms with Crippen LogP contribution in [-0.4, -0.2) is 12.6 Å². The summed E-state index contributed by atoms with van der Waals surface area (Å²) >= 11 is 0. The molecule has 14 heavy (non-hydrogen) atoms. The van der Waals surface area contributed by atoms with Gasteiger partial charge in [0.15, 0.2) is 0 Å². The Kier molecular flexibility index (Phi) is 1.86. The summed E-state index contributed by atoms with van der Waals surface area (Å²) in [6.07, 6.45) is 5.41. The molecule has 0 unspecified atom stereocenters. The summed E-state index contributed by atoms with van der Waals surface area (Å²) in [6, 6.07) is 6.42. The molecule has 1 aliphatic heterocycles. The number of nitrogens with one attached hydrogen (secondary N) is 1. The molecule has 1 heterocycles. The van der Waals surface area contributed by atoms with Crippen LogP contribution in [0.2, 0.25) is 0 Å². The van der Waals surface area contributed by atoms with Crippen LogP contribution in [0.5, 0.6) is 5.75 Å². The van der Waals surface area contributed by atoms with Crippen molar-refractivity contribution in [2.24, 2.45) is 0 Å². The average Bonchev–Trinajstić information content (AvgIpc) is 2.58. The third-order valence-corrected chi connectivity index (χ3v) is 3.15. The smallest absolute Gasteiger partial charge is 0.121 e. The van der Waals surface area contributed by atoms with Crippen LogP contribution in [0.3, 0.4) is 0 Å². The van der Waals surface area contributed by atoms with Crippen molar-refractivity contribution in [1.29, 1.82) is 0 Å². The lowest BCUT2D eigenvalue weighted by Gasteiger charge is -2.26. The van der Waals surface area contributed by atoms with E-state index in [1.54, 1.807) is 0 Å². The fourth-order valence-electron chi connectivity index (χ4n) is 2.02. The lowest BCUT2D eigenvalue weighted by atomic mass is 9.96. The fourth-order valence-corrected chi connectivity index (χ4v) is 2.02. The van der Waals surface area contributed by atoms with Crippen molar-refractivity contribution in [3.63, 3.8) is 0 Å². The Bertz CT molecular complexity index is 344. The van der Waals surface area contributed by atoms with E-state index < -0.39 is 0 Å². The zero-order chi connectivity index (χ0) is 9.38. The zero-order valence-corrected chi connectivity index (χ0v) is 8.25. The summed E-state index contributed by atoms with van der Waals surface area (Å²) in [7, 11) is 0. The van der Waals surface area contributed by atoms with Gasteiger partial charge in [-0.05, 0) is 37.3 Å². The van der Waals surface area contributed by atoms with E-state index in [1.165, 1.54) is 30.5 Å². The van der Waals surface area contributed by atoms with Crippen molar-refractivity contribution >= 4 is 5.69 Å². The summed E-state index contributed by atoms with van der Waals surface area (Å²) in [5.41, 5.74) is 2.69. The molecule has 1 aliphatic carbocycles. The number of benzene rings is 1. The Hall–Kier alpha value is -1.18. The van der Waals surface area contributed by atoms with Gasteiger partial charge in [0, 0.05) is 18.3 Å². The number of ether oxygens (including phenoxy) is 1. The molecule has 0 atom stereocenters. The van der Waals surface area contributed by atoms with Gasteiger partial charge in [-0.1, -0.05) is 6.07 Å². The van der Waals surface area contributed by atoms with Crippen LogP contribution in [0.25, 0.3) is 0 Å². The normalized spacial score (nSPS) is 19.7. The van der Waals surface area contributed by atoms with Gasteiger partial charge in [0.2, 0.25) is 0 Å². The molecule has 1 aromatic rings. The summed E-state index contributed by atoms with van der Waals surface area (Å²) in [5.74, 6) is 1.03. The minimum atomic E-state index is 0.481. The highest BCUT2D eigenvalue weighted by molar-refractivity contribution is 5.58. The van der Waals surface area contributed by atoms with E-state index in [2.05, 4.69) is 23.5 Å². The summed E-state index contributed by atoms with van der Waals surface area (Å²) in [4.78, 5) is 0. The first kappa shape index (κ1) is 8.16. The van der Waals surface area contributed by atoms with Crippen LogP contribution >= 0.6 is 0 Å². The van der Waals surface area contributed by atoms with Crippen LogP contribution in [0.15, 0.2) is 18.2 Å². The molecule has 74 valence electrons. The van der Waals surface area contributed by atoms with E-state index in [9.17, 15) is 0 Å². The van der Waals surface area contributed by atoms with Crippen molar-refractivity contribution in [1.82, 2.24) is 0 Å². The molecule has 0 aromatic heterocycles. The van der Waals surface area contributed by atoms with Crippen molar-refractivity contribution in [2.75, 3.05) is 11.9 Å². The van der Waals surface area contributed by atoms with Crippen LogP contribution in [0.4, 0.5) is 5.69 Å². The molecule has 0 spiro atoms. The maximum atomic E-state index is 5.84. The van der Waals surface area contributed by atoms with Crippen molar-refractivity contribution in [3.8, 4) is 5.75 Å². The SMILES string of the molecule is c1cc2c(cc1OC1CCC1)NCC2. The monoisotopic (exact) mass is 189 g/mol. The third kappa shape index (κ3) is 1.35. The number of anilines is 1. The largest absolute Gasteiger partial charge is 0.490 e. The molecule has 0 saturated heterocycles. The van der Waals surface area contributed by atoms with E-state index in [4.69, 9.17) is 4.74 Å². The van der Waals surface area contributed by atoms with Gasteiger partial charge in [-0.3, -0.25) is 0 Å². The molecular formula is C12H15NO. The maximum Gasteiger partial charge on any atom is 0.121 e. The van der Waals surface area contributed by atoms with Gasteiger partial charge in [-0.15, -0.1) is 0 Å². The molecule has 0 amide bonds. The second-order valence-electron chi connectivity index (χ2n) is 4.17. The summed E-state index contributed by atoms with van der Waals surface area (Å²) < 4.78 is 5.84. The molecule has 3 rings (SSSR count). The fraction of sp³-hybridized carbons (Fsp3) is 0.500. The lowest BCUT2D eigenvalue weighted by Crippen LogP contribution is -2.24. The van der Waals surface area contributed by atoms with Crippen molar-refractivity contribution < 1.29 is 4.74 Å². The minimum Gasteiger partial charge on any atom is -0.490 e. The van der Waals surface area contributed by atoms with Gasteiger partial charge in [0.1, 0.15) is 5.75 Å². The first-order valence-corrected chi connectivity index (χ1v) is 5.45. The van der Waals surface area contributed by atoms with E-state index in [0.29, 0.717) is 6.10 Å². The van der Waals surface area contributed by atoms with E-state index in [0.717, 1.165) is 18.7 Å². The van der Waals surface area contributed by atoms with Crippen LogP contribution in [0.1, 0.15) is 24.8 Å². The van der Waals surface area contributed by atoms with Crippen LogP contribution in [0, 0.1) is 0 Å². The first-order chi connectivity index (χ1) is 6.92. The van der Waals surface area contributed by atoms with E-state index >= 15 is 0 Å². The zero-order valence-electron chi connectivity index (χ0n) is 8.25. The number of rotatable bonds is 2. The number of hydrogen-bond acceptors (Lipinski definition) is 2. The lowest BCUT2D eigenvalue weighted by molar-refractivity contribution is 0.120. The third-order valence-electron chi connectivity index (χ3n) is 3.15. The van der Waals surface area contributed by atoms with Gasteiger partial charge in [0.25, 0.3) is 0 Å². The Morgan fingerprint density at radius 1 is 1.29 bits per heavy atom. The Labute approximate surface area is 84.3 Å². The molecule has 2 heteroatoms. The molecule has 2 nitrogen and oxygen atoms in total. The Morgan fingerprint density at radius 3 is 3.00 bits per heavy atom. The van der Waals surface area contributed by atoms with Crippen molar-refractivity contribution in [2.45, 2.75) is 31.8 Å². The van der Waals surface area contributed by atoms with E-state index in [1.807, 2.05) is 0 Å². The van der Waals surface area contributed by atoms with Gasteiger partial charge in [-0.25, -0.2) is 0 Å². The highest BCUT2D eigenvalue weighted by atomic mass is 16.5. The second kappa shape index (κ2) is 3.19. The molecule has 1 fully saturated rings. The Balaban J connectivity index is 1.78. The molecule has 0 radical (unpaired) electrons. The molecule has 1 aromatic carbocycles. The van der Waals surface area contributed by atoms with E-state index in [-0.39, 0.29) is 0 Å². The second-order valence-corrected chi connectivity index (χ2v) is 4.17. The number of fused-ring (bicyclic) bond motifs is 1. The minimum absolute atomic E-state index is 0.481. The molecular weight excluding hydrogens is 174 g/mol. The topological polar surface area (TPSA) is 21.3 Å². The molecule has 0 bridgehead atoms. The van der Waals surface area contributed by atoms with Gasteiger partial charge >= 0.3 is 0 Å². The predicted octanol–water partition coefficient (Wildman–Crippen LogP) is 2.59. The molecule has 1 saturated carbocycles. The van der Waals surface area contributed by atoms with Crippen LogP contribution < -0.4 is 10.1 Å². The van der Waals surface area contributed by atoms with Gasteiger partial charge < -0.3 is 10.1 Å². The highest BCUT2D eigenvalue weighted by Gasteiger charge is 2.19.